The van der Waals surface area contributed by atoms with Crippen LogP contribution in [-0.2, 0) is 21.1 Å². The Morgan fingerprint density at radius 3 is 2.74 bits per heavy atom. The number of thioether (sulfide) groups is 1. The number of alkyl halides is 2. The normalized spacial score (nSPS) is 12.4. The van der Waals surface area contributed by atoms with Crippen LogP contribution in [0.1, 0.15) is 29.7 Å². The molecule has 1 amide bonds. The molecular formula is C17H19F3N4O5S2. The zero-order valence-corrected chi connectivity index (χ0v) is 17.9. The minimum atomic E-state index is -3.24. The molecule has 1 heterocycles. The largest absolute Gasteiger partial charge is 0.411 e. The Morgan fingerprint density at radius 2 is 2.10 bits per heavy atom. The van der Waals surface area contributed by atoms with E-state index in [0.717, 1.165) is 30.2 Å². The van der Waals surface area contributed by atoms with Gasteiger partial charge in [-0.2, -0.15) is 0 Å². The van der Waals surface area contributed by atoms with E-state index < -0.39 is 33.6 Å². The third-order valence-electron chi connectivity index (χ3n) is 3.88. The van der Waals surface area contributed by atoms with Crippen LogP contribution in [0, 0.1) is 5.82 Å². The minimum Gasteiger partial charge on any atom is -0.411 e. The Hall–Kier alpha value is -2.61. The van der Waals surface area contributed by atoms with Gasteiger partial charge in [-0.25, -0.2) is 26.2 Å². The Bertz CT molecular complexity index is 1040. The number of amides is 1. The average molecular weight is 480 g/mol. The summed E-state index contributed by atoms with van der Waals surface area (Å²) in [6, 6.07) is 3.14. The van der Waals surface area contributed by atoms with Gasteiger partial charge in [0, 0.05) is 31.4 Å². The molecule has 2 N–H and O–H groups in total. The van der Waals surface area contributed by atoms with E-state index >= 15 is 0 Å². The lowest BCUT2D eigenvalue weighted by Gasteiger charge is -2.07. The first kappa shape index (κ1) is 24.7. The van der Waals surface area contributed by atoms with Gasteiger partial charge in [-0.05, 0) is 28.0 Å². The maximum Gasteiger partial charge on any atom is 0.266 e. The maximum atomic E-state index is 13.5. The van der Waals surface area contributed by atoms with Crippen molar-refractivity contribution in [3.63, 3.8) is 0 Å². The number of carbonyl (C=O) groups excluding carboxylic acids is 1. The smallest absolute Gasteiger partial charge is 0.266 e. The second kappa shape index (κ2) is 11.1. The summed E-state index contributed by atoms with van der Waals surface area (Å²) in [4.78, 5) is 11.6. The number of halogens is 3. The van der Waals surface area contributed by atoms with Crippen LogP contribution in [-0.4, -0.2) is 59.9 Å². The van der Waals surface area contributed by atoms with Crippen molar-refractivity contribution in [2.24, 2.45) is 5.16 Å². The molecular weight excluding hydrogens is 461 g/mol. The molecule has 0 spiro atoms. The van der Waals surface area contributed by atoms with Crippen molar-refractivity contribution in [3.8, 4) is 0 Å². The highest BCUT2D eigenvalue weighted by Gasteiger charge is 2.20. The monoisotopic (exact) mass is 480 g/mol. The molecule has 31 heavy (non-hydrogen) atoms. The van der Waals surface area contributed by atoms with Crippen LogP contribution in [0.15, 0.2) is 33.0 Å². The number of hydrogen-bond acceptors (Lipinski definition) is 9. The number of aromatic nitrogens is 2. The van der Waals surface area contributed by atoms with Crippen LogP contribution in [0.2, 0.25) is 0 Å². The number of rotatable bonds is 11. The SMILES string of the molecule is CS(=O)(=O)CCC(=O)NCCSc1nonc1C(Cc1ccc(F)c(C(F)F)c1)=NO. The van der Waals surface area contributed by atoms with Gasteiger partial charge in [0.25, 0.3) is 6.43 Å². The quantitative estimate of drug-likeness (QED) is 0.164. The second-order valence-electron chi connectivity index (χ2n) is 6.38. The van der Waals surface area contributed by atoms with Gasteiger partial charge in [-0.15, -0.1) is 0 Å². The van der Waals surface area contributed by atoms with Gasteiger partial charge in [-0.1, -0.05) is 23.0 Å². The van der Waals surface area contributed by atoms with E-state index in [-0.39, 0.29) is 47.1 Å². The highest BCUT2D eigenvalue weighted by atomic mass is 32.2. The van der Waals surface area contributed by atoms with Crippen LogP contribution >= 0.6 is 11.8 Å². The molecule has 0 aliphatic heterocycles. The van der Waals surface area contributed by atoms with Crippen LogP contribution < -0.4 is 5.32 Å². The fourth-order valence-corrected chi connectivity index (χ4v) is 3.72. The Labute approximate surface area is 180 Å². The molecule has 9 nitrogen and oxygen atoms in total. The van der Waals surface area contributed by atoms with Gasteiger partial charge >= 0.3 is 0 Å². The molecule has 0 aliphatic rings. The van der Waals surface area contributed by atoms with Crippen molar-refractivity contribution >= 4 is 33.2 Å². The molecule has 0 bridgehead atoms. The molecule has 1 aromatic carbocycles. The summed E-state index contributed by atoms with van der Waals surface area (Å²) < 4.78 is 66.0. The second-order valence-corrected chi connectivity index (χ2v) is 9.72. The summed E-state index contributed by atoms with van der Waals surface area (Å²) in [6.07, 6.45) is -2.25. The van der Waals surface area contributed by atoms with E-state index in [0.29, 0.717) is 5.75 Å². The van der Waals surface area contributed by atoms with Gasteiger partial charge in [0.2, 0.25) is 5.91 Å². The number of benzene rings is 1. The molecule has 0 aliphatic carbocycles. The number of oxime groups is 1. The van der Waals surface area contributed by atoms with Crippen LogP contribution in [0.3, 0.4) is 0 Å². The van der Waals surface area contributed by atoms with E-state index in [1.54, 1.807) is 0 Å². The summed E-state index contributed by atoms with van der Waals surface area (Å²) in [6.45, 7) is 0.195. The number of nitrogens with zero attached hydrogens (tertiary/aromatic N) is 3. The minimum absolute atomic E-state index is 0.0345. The van der Waals surface area contributed by atoms with Crippen molar-refractivity contribution in [1.29, 1.82) is 0 Å². The lowest BCUT2D eigenvalue weighted by Crippen LogP contribution is -2.27. The fourth-order valence-electron chi connectivity index (χ4n) is 2.39. The van der Waals surface area contributed by atoms with Crippen molar-refractivity contribution in [1.82, 2.24) is 15.6 Å². The van der Waals surface area contributed by atoms with Crippen molar-refractivity contribution in [3.05, 3.63) is 40.8 Å². The standard InChI is InChI=1S/C17H19F3N4O5S2/c1-31(27,28)7-4-14(25)21-5-6-30-17-15(23-29-24-17)13(22-26)9-10-2-3-12(18)11(8-10)16(19)20/h2-3,8,16,26H,4-7,9H2,1H3,(H,21,25). The van der Waals surface area contributed by atoms with Crippen molar-refractivity contribution in [2.45, 2.75) is 24.3 Å². The average Bonchev–Trinajstić information content (AvgIpc) is 3.16. The molecule has 1 aromatic heterocycles. The maximum absolute atomic E-state index is 13.5. The van der Waals surface area contributed by atoms with Gasteiger partial charge in [0.05, 0.1) is 11.3 Å². The Morgan fingerprint density at radius 1 is 1.35 bits per heavy atom. The van der Waals surface area contributed by atoms with Gasteiger partial charge in [-0.3, -0.25) is 4.79 Å². The molecule has 0 unspecified atom stereocenters. The first-order valence-electron chi connectivity index (χ1n) is 8.78. The topological polar surface area (TPSA) is 135 Å². The summed E-state index contributed by atoms with van der Waals surface area (Å²) in [5.74, 6) is -1.40. The summed E-state index contributed by atoms with van der Waals surface area (Å²) >= 11 is 1.11. The van der Waals surface area contributed by atoms with E-state index in [4.69, 9.17) is 0 Å². The molecule has 0 saturated carbocycles. The molecule has 0 fully saturated rings. The van der Waals surface area contributed by atoms with Crippen LogP contribution in [0.25, 0.3) is 0 Å². The third kappa shape index (κ3) is 7.86. The van der Waals surface area contributed by atoms with Gasteiger partial charge in [0.15, 0.2) is 10.7 Å². The lowest BCUT2D eigenvalue weighted by molar-refractivity contribution is -0.120. The first-order chi connectivity index (χ1) is 14.6. The van der Waals surface area contributed by atoms with Crippen LogP contribution in [0.5, 0.6) is 0 Å². The highest BCUT2D eigenvalue weighted by molar-refractivity contribution is 7.99. The molecule has 2 rings (SSSR count). The Kier molecular flexibility index (Phi) is 8.86. The van der Waals surface area contributed by atoms with E-state index in [9.17, 15) is 31.6 Å². The zero-order chi connectivity index (χ0) is 23.0. The predicted molar refractivity (Wildman–Crippen MR) is 106 cm³/mol. The van der Waals surface area contributed by atoms with Crippen LogP contribution in [0.4, 0.5) is 13.2 Å². The molecule has 170 valence electrons. The molecule has 14 heteroatoms. The van der Waals surface area contributed by atoms with Gasteiger partial charge in [0.1, 0.15) is 21.4 Å². The first-order valence-corrected chi connectivity index (χ1v) is 11.8. The van der Waals surface area contributed by atoms with Crippen molar-refractivity contribution < 1.29 is 36.2 Å². The van der Waals surface area contributed by atoms with Gasteiger partial charge < -0.3 is 10.5 Å². The third-order valence-corrected chi connectivity index (χ3v) is 5.78. The predicted octanol–water partition coefficient (Wildman–Crippen LogP) is 2.21. The van der Waals surface area contributed by atoms with E-state index in [1.807, 2.05) is 0 Å². The van der Waals surface area contributed by atoms with E-state index in [1.165, 1.54) is 6.07 Å². The highest BCUT2D eigenvalue weighted by Crippen LogP contribution is 2.25. The summed E-state index contributed by atoms with van der Waals surface area (Å²) in [5, 5.41) is 22.6. The van der Waals surface area contributed by atoms with E-state index in [2.05, 4.69) is 25.4 Å². The lowest BCUT2D eigenvalue weighted by atomic mass is 10.0. The Balaban J connectivity index is 1.95. The number of hydrogen-bond donors (Lipinski definition) is 2. The number of carbonyl (C=O) groups is 1. The number of sulfone groups is 1. The summed E-state index contributed by atoms with van der Waals surface area (Å²) in [5.41, 5.74) is -0.470. The van der Waals surface area contributed by atoms with Crippen molar-refractivity contribution in [2.75, 3.05) is 24.3 Å². The fraction of sp³-hybridized carbons (Fsp3) is 0.412. The zero-order valence-electron chi connectivity index (χ0n) is 16.2. The molecule has 2 aromatic rings. The summed E-state index contributed by atoms with van der Waals surface area (Å²) in [7, 11) is -3.24. The molecule has 0 atom stereocenters. The number of nitrogens with one attached hydrogen (secondary N) is 1. The molecule has 0 saturated heterocycles. The molecule has 0 radical (unpaired) electrons.